The largest absolute Gasteiger partial charge is 0.383 e. The van der Waals surface area contributed by atoms with E-state index in [2.05, 4.69) is 41.0 Å². The van der Waals surface area contributed by atoms with Gasteiger partial charge in [0, 0.05) is 44.0 Å². The zero-order valence-corrected chi connectivity index (χ0v) is 16.6. The van der Waals surface area contributed by atoms with Crippen molar-refractivity contribution in [3.8, 4) is 0 Å². The predicted molar refractivity (Wildman–Crippen MR) is 106 cm³/mol. The van der Waals surface area contributed by atoms with Gasteiger partial charge < -0.3 is 10.1 Å². The van der Waals surface area contributed by atoms with Crippen LogP contribution in [-0.4, -0.2) is 53.4 Å². The second-order valence-corrected chi connectivity index (χ2v) is 7.64. The lowest BCUT2D eigenvalue weighted by atomic mass is 9.78. The summed E-state index contributed by atoms with van der Waals surface area (Å²) in [7, 11) is 1.66. The van der Waals surface area contributed by atoms with Gasteiger partial charge in [0.25, 0.3) is 0 Å². The highest BCUT2D eigenvalue weighted by Crippen LogP contribution is 2.46. The van der Waals surface area contributed by atoms with Gasteiger partial charge in [0.05, 0.1) is 24.8 Å². The van der Waals surface area contributed by atoms with E-state index >= 15 is 0 Å². The summed E-state index contributed by atoms with van der Waals surface area (Å²) in [5.74, 6) is 0.178. The molecule has 1 fully saturated rings. The fourth-order valence-corrected chi connectivity index (χ4v) is 4.60. The molecule has 0 bridgehead atoms. The van der Waals surface area contributed by atoms with Gasteiger partial charge in [0.1, 0.15) is 0 Å². The number of fused-ring (bicyclic) bond motifs is 1. The number of hydrogen-bond donors (Lipinski definition) is 1. The molecule has 1 N–H and O–H groups in total. The number of amides is 1. The zero-order valence-electron chi connectivity index (χ0n) is 16.6. The molecule has 27 heavy (non-hydrogen) atoms. The minimum absolute atomic E-state index is 0.178. The first-order chi connectivity index (χ1) is 13.1. The number of carbonyl (C=O) groups is 1. The van der Waals surface area contributed by atoms with Gasteiger partial charge in [0.2, 0.25) is 5.91 Å². The van der Waals surface area contributed by atoms with E-state index in [4.69, 9.17) is 4.74 Å². The number of nitrogens with zero attached hydrogens (tertiary/aromatic N) is 3. The van der Waals surface area contributed by atoms with Crippen molar-refractivity contribution in [1.82, 2.24) is 20.0 Å². The van der Waals surface area contributed by atoms with Crippen molar-refractivity contribution < 1.29 is 9.53 Å². The Labute approximate surface area is 162 Å². The lowest BCUT2D eigenvalue weighted by molar-refractivity contribution is -0.134. The van der Waals surface area contributed by atoms with Crippen molar-refractivity contribution in [2.24, 2.45) is 5.41 Å². The summed E-state index contributed by atoms with van der Waals surface area (Å²) in [4.78, 5) is 15.6. The Morgan fingerprint density at radius 3 is 3.15 bits per heavy atom. The molecular formula is C21H32N4O2. The summed E-state index contributed by atoms with van der Waals surface area (Å²) in [6.45, 7) is 9.46. The Morgan fingerprint density at radius 2 is 2.37 bits per heavy atom. The maximum atomic E-state index is 13.1. The summed E-state index contributed by atoms with van der Waals surface area (Å²) in [6.07, 6.45) is 12.2. The maximum Gasteiger partial charge on any atom is 0.228 e. The highest BCUT2D eigenvalue weighted by molar-refractivity contribution is 5.84. The summed E-state index contributed by atoms with van der Waals surface area (Å²) in [6, 6.07) is 0.261. The molecule has 0 saturated heterocycles. The molecule has 2 heterocycles. The number of methoxy groups -OCH3 is 1. The molecule has 1 aromatic heterocycles. The van der Waals surface area contributed by atoms with Crippen LogP contribution in [-0.2, 0) is 22.6 Å². The van der Waals surface area contributed by atoms with Crippen molar-refractivity contribution >= 4 is 5.91 Å². The van der Waals surface area contributed by atoms with E-state index in [1.165, 1.54) is 11.3 Å². The van der Waals surface area contributed by atoms with Crippen molar-refractivity contribution in [1.29, 1.82) is 0 Å². The molecule has 1 aromatic rings. The lowest BCUT2D eigenvalue weighted by Crippen LogP contribution is -2.52. The number of rotatable bonds is 8. The number of allylic oxidation sites excluding steroid dienone is 2. The highest BCUT2D eigenvalue weighted by Gasteiger charge is 2.50. The van der Waals surface area contributed by atoms with Crippen LogP contribution in [0.2, 0.25) is 0 Å². The van der Waals surface area contributed by atoms with Gasteiger partial charge in [-0.15, -0.1) is 6.58 Å². The Bertz CT molecular complexity index is 696. The Balaban J connectivity index is 1.79. The zero-order chi connectivity index (χ0) is 19.3. The predicted octanol–water partition coefficient (Wildman–Crippen LogP) is 2.44. The first kappa shape index (κ1) is 19.8. The second kappa shape index (κ2) is 8.85. The standard InChI is InChI=1S/C21H32N4O2/c1-4-12-25-17(2)18(15-23-25)16-24-13-6-5-9-21(10-7-8-19(21)24)20(26)22-11-14-27-3/h4-6,15,19H,1,7-14,16H2,2-3H3,(H,22,26)/t19-,21-/m1/s1. The molecule has 6 heteroatoms. The highest BCUT2D eigenvalue weighted by atomic mass is 16.5. The van der Waals surface area contributed by atoms with Crippen molar-refractivity contribution in [2.75, 3.05) is 26.8 Å². The summed E-state index contributed by atoms with van der Waals surface area (Å²) < 4.78 is 7.07. The van der Waals surface area contributed by atoms with Gasteiger partial charge in [0.15, 0.2) is 0 Å². The van der Waals surface area contributed by atoms with E-state index in [9.17, 15) is 4.79 Å². The van der Waals surface area contributed by atoms with Crippen LogP contribution in [0.15, 0.2) is 31.0 Å². The van der Waals surface area contributed by atoms with Crippen molar-refractivity contribution in [2.45, 2.75) is 51.7 Å². The summed E-state index contributed by atoms with van der Waals surface area (Å²) in [5.41, 5.74) is 2.08. The van der Waals surface area contributed by atoms with Gasteiger partial charge in [-0.25, -0.2) is 0 Å². The Kier molecular flexibility index (Phi) is 6.50. The molecule has 0 aromatic carbocycles. The van der Waals surface area contributed by atoms with Gasteiger partial charge in [-0.2, -0.15) is 5.10 Å². The van der Waals surface area contributed by atoms with E-state index in [0.717, 1.165) is 45.3 Å². The van der Waals surface area contributed by atoms with Gasteiger partial charge in [-0.05, 0) is 26.2 Å². The quantitative estimate of drug-likeness (QED) is 0.562. The number of hydrogen-bond acceptors (Lipinski definition) is 4. The minimum Gasteiger partial charge on any atom is -0.383 e. The average molecular weight is 373 g/mol. The first-order valence-corrected chi connectivity index (χ1v) is 9.91. The molecular weight excluding hydrogens is 340 g/mol. The van der Waals surface area contributed by atoms with Crippen LogP contribution in [0.5, 0.6) is 0 Å². The molecule has 0 unspecified atom stereocenters. The van der Waals surface area contributed by atoms with E-state index in [-0.39, 0.29) is 17.4 Å². The third-order valence-corrected chi connectivity index (χ3v) is 6.09. The van der Waals surface area contributed by atoms with Crippen LogP contribution in [0.4, 0.5) is 0 Å². The van der Waals surface area contributed by atoms with Crippen LogP contribution < -0.4 is 5.32 Å². The topological polar surface area (TPSA) is 59.4 Å². The third kappa shape index (κ3) is 4.01. The fourth-order valence-electron chi connectivity index (χ4n) is 4.60. The first-order valence-electron chi connectivity index (χ1n) is 9.91. The average Bonchev–Trinajstić information content (AvgIpc) is 3.19. The van der Waals surface area contributed by atoms with E-state index in [0.29, 0.717) is 13.2 Å². The molecule has 0 spiro atoms. The number of nitrogens with one attached hydrogen (secondary N) is 1. The molecule has 2 atom stereocenters. The van der Waals surface area contributed by atoms with Crippen molar-refractivity contribution in [3.63, 3.8) is 0 Å². The Morgan fingerprint density at radius 1 is 1.52 bits per heavy atom. The molecule has 0 radical (unpaired) electrons. The molecule has 2 aliphatic rings. The second-order valence-electron chi connectivity index (χ2n) is 7.64. The van der Waals surface area contributed by atoms with Crippen LogP contribution in [0.3, 0.4) is 0 Å². The van der Waals surface area contributed by atoms with Gasteiger partial charge in [-0.3, -0.25) is 14.4 Å². The number of ether oxygens (including phenoxy) is 1. The van der Waals surface area contributed by atoms with E-state index in [1.54, 1.807) is 7.11 Å². The number of carbonyl (C=O) groups excluding carboxylic acids is 1. The lowest BCUT2D eigenvalue weighted by Gasteiger charge is -2.39. The van der Waals surface area contributed by atoms with E-state index < -0.39 is 0 Å². The fraction of sp³-hybridized carbons (Fsp3) is 0.619. The molecule has 6 nitrogen and oxygen atoms in total. The van der Waals surface area contributed by atoms with Crippen LogP contribution >= 0.6 is 0 Å². The molecule has 3 rings (SSSR count). The summed E-state index contributed by atoms with van der Waals surface area (Å²) >= 11 is 0. The van der Waals surface area contributed by atoms with E-state index in [1.807, 2.05) is 17.0 Å². The normalized spacial score (nSPS) is 25.2. The Hall–Kier alpha value is -1.92. The number of aromatic nitrogens is 2. The van der Waals surface area contributed by atoms with Crippen LogP contribution in [0.25, 0.3) is 0 Å². The SMILES string of the molecule is C=CCn1ncc(CN2CC=CC[C@@]3(C(=O)NCCOC)CCC[C@@H]23)c1C. The minimum atomic E-state index is -0.328. The monoisotopic (exact) mass is 372 g/mol. The van der Waals surface area contributed by atoms with Crippen LogP contribution in [0, 0.1) is 12.3 Å². The summed E-state index contributed by atoms with van der Waals surface area (Å²) in [5, 5.41) is 7.60. The molecule has 1 aliphatic heterocycles. The van der Waals surface area contributed by atoms with Crippen molar-refractivity contribution in [3.05, 3.63) is 42.3 Å². The smallest absolute Gasteiger partial charge is 0.228 e. The molecule has 1 saturated carbocycles. The molecule has 1 aliphatic carbocycles. The van der Waals surface area contributed by atoms with Crippen LogP contribution in [0.1, 0.15) is 36.9 Å². The van der Waals surface area contributed by atoms with Gasteiger partial charge in [-0.1, -0.05) is 24.6 Å². The van der Waals surface area contributed by atoms with Gasteiger partial charge >= 0.3 is 0 Å². The molecule has 148 valence electrons. The third-order valence-electron chi connectivity index (χ3n) is 6.09. The maximum absolute atomic E-state index is 13.1. The molecule has 1 amide bonds.